The Hall–Kier alpha value is -2.23. The van der Waals surface area contributed by atoms with Gasteiger partial charge in [-0.25, -0.2) is 0 Å². The summed E-state index contributed by atoms with van der Waals surface area (Å²) in [5, 5.41) is 3.30. The van der Waals surface area contributed by atoms with Gasteiger partial charge in [0.1, 0.15) is 0 Å². The number of benzene rings is 2. The Kier molecular flexibility index (Phi) is 4.28. The van der Waals surface area contributed by atoms with E-state index in [9.17, 15) is 0 Å². The van der Waals surface area contributed by atoms with E-state index in [0.717, 1.165) is 25.0 Å². The van der Waals surface area contributed by atoms with Crippen LogP contribution in [0.5, 0.6) is 0 Å². The van der Waals surface area contributed by atoms with Crippen LogP contribution >= 0.6 is 0 Å². The van der Waals surface area contributed by atoms with Gasteiger partial charge in [-0.3, -0.25) is 9.82 Å². The lowest BCUT2D eigenvalue weighted by Gasteiger charge is -2.17. The van der Waals surface area contributed by atoms with Crippen LogP contribution in [0.4, 0.5) is 0 Å². The van der Waals surface area contributed by atoms with Crippen molar-refractivity contribution in [1.29, 1.82) is 0 Å². The maximum atomic E-state index is 6.24. The van der Waals surface area contributed by atoms with Crippen molar-refractivity contribution in [3.8, 4) is 0 Å². The molecule has 2 heterocycles. The Labute approximate surface area is 142 Å². The number of hydrogen-bond acceptors (Lipinski definition) is 3. The minimum absolute atomic E-state index is 0.210. The summed E-state index contributed by atoms with van der Waals surface area (Å²) in [6, 6.07) is 21.0. The first kappa shape index (κ1) is 15.3. The van der Waals surface area contributed by atoms with Crippen molar-refractivity contribution in [3.63, 3.8) is 0 Å². The molecular weight excluding hydrogens is 296 g/mol. The summed E-state index contributed by atoms with van der Waals surface area (Å²) in [6.07, 6.45) is 2.98. The number of rotatable bonds is 4. The highest BCUT2D eigenvalue weighted by Crippen LogP contribution is 2.27. The van der Waals surface area contributed by atoms with Crippen LogP contribution in [-0.4, -0.2) is 22.7 Å². The maximum Gasteiger partial charge on any atom is 0.0872 e. The molecule has 0 bridgehead atoms. The lowest BCUT2D eigenvalue weighted by Crippen LogP contribution is -2.20. The first-order valence-electron chi connectivity index (χ1n) is 8.58. The molecule has 1 aromatic heterocycles. The summed E-state index contributed by atoms with van der Waals surface area (Å²) in [7, 11) is 0. The Morgan fingerprint density at radius 1 is 1.04 bits per heavy atom. The molecule has 4 rings (SSSR count). The van der Waals surface area contributed by atoms with E-state index in [-0.39, 0.29) is 6.10 Å². The summed E-state index contributed by atoms with van der Waals surface area (Å²) >= 11 is 0. The summed E-state index contributed by atoms with van der Waals surface area (Å²) in [5.41, 5.74) is 3.65. The van der Waals surface area contributed by atoms with Crippen LogP contribution in [0, 0.1) is 5.92 Å². The number of hydroxylamine groups is 2. The minimum Gasteiger partial charge on any atom is -0.295 e. The molecule has 3 heteroatoms. The lowest BCUT2D eigenvalue weighted by molar-refractivity contribution is -0.152. The molecule has 1 aliphatic heterocycles. The molecule has 0 unspecified atom stereocenters. The molecule has 0 radical (unpaired) electrons. The van der Waals surface area contributed by atoms with Crippen molar-refractivity contribution < 1.29 is 4.84 Å². The monoisotopic (exact) mass is 318 g/mol. The van der Waals surface area contributed by atoms with Crippen LogP contribution in [-0.2, 0) is 17.8 Å². The third-order valence-corrected chi connectivity index (χ3v) is 4.75. The van der Waals surface area contributed by atoms with E-state index < -0.39 is 0 Å². The standard InChI is InChI=1S/C21H22N2O/c1-16-14-23(15-17-7-3-2-4-8-17)24-20(16)13-19-10-5-9-18-11-6-12-22-21(18)19/h2-12,16,20H,13-15H2,1H3/t16-,20+/m1/s1. The second-order valence-corrected chi connectivity index (χ2v) is 6.63. The zero-order valence-corrected chi connectivity index (χ0v) is 13.9. The van der Waals surface area contributed by atoms with Crippen molar-refractivity contribution in [3.05, 3.63) is 78.0 Å². The van der Waals surface area contributed by atoms with Gasteiger partial charge in [0.05, 0.1) is 11.6 Å². The molecular formula is C21H22N2O. The van der Waals surface area contributed by atoms with Crippen LogP contribution in [0.3, 0.4) is 0 Å². The van der Waals surface area contributed by atoms with Gasteiger partial charge in [0, 0.05) is 31.1 Å². The number of fused-ring (bicyclic) bond motifs is 1. The van der Waals surface area contributed by atoms with Crippen molar-refractivity contribution in [2.45, 2.75) is 26.0 Å². The Morgan fingerprint density at radius 3 is 2.75 bits per heavy atom. The zero-order valence-electron chi connectivity index (χ0n) is 13.9. The molecule has 0 saturated carbocycles. The normalized spacial score (nSPS) is 21.4. The van der Waals surface area contributed by atoms with Crippen LogP contribution in [0.2, 0.25) is 0 Å². The first-order valence-corrected chi connectivity index (χ1v) is 8.58. The van der Waals surface area contributed by atoms with Gasteiger partial charge in [-0.1, -0.05) is 61.5 Å². The molecule has 122 valence electrons. The molecule has 3 nitrogen and oxygen atoms in total. The molecule has 0 aliphatic carbocycles. The van der Waals surface area contributed by atoms with Gasteiger partial charge in [-0.15, -0.1) is 0 Å². The molecule has 3 aromatic rings. The van der Waals surface area contributed by atoms with Crippen molar-refractivity contribution in [2.24, 2.45) is 5.92 Å². The first-order chi connectivity index (χ1) is 11.8. The minimum atomic E-state index is 0.210. The van der Waals surface area contributed by atoms with Gasteiger partial charge >= 0.3 is 0 Å². The summed E-state index contributed by atoms with van der Waals surface area (Å²) < 4.78 is 0. The number of pyridine rings is 1. The summed E-state index contributed by atoms with van der Waals surface area (Å²) in [6.45, 7) is 4.08. The van der Waals surface area contributed by atoms with E-state index in [1.54, 1.807) is 0 Å². The van der Waals surface area contributed by atoms with E-state index >= 15 is 0 Å². The van der Waals surface area contributed by atoms with Gasteiger partial charge in [0.15, 0.2) is 0 Å². The predicted octanol–water partition coefficient (Wildman–Crippen LogP) is 4.23. The van der Waals surface area contributed by atoms with E-state index in [1.165, 1.54) is 16.5 Å². The highest BCUT2D eigenvalue weighted by molar-refractivity contribution is 5.81. The topological polar surface area (TPSA) is 25.4 Å². The molecule has 1 saturated heterocycles. The van der Waals surface area contributed by atoms with Crippen LogP contribution in [0.1, 0.15) is 18.1 Å². The fourth-order valence-electron chi connectivity index (χ4n) is 3.45. The molecule has 2 aromatic carbocycles. The molecule has 1 aliphatic rings. The van der Waals surface area contributed by atoms with Gasteiger partial charge in [0.25, 0.3) is 0 Å². The Bertz CT molecular complexity index is 813. The lowest BCUT2D eigenvalue weighted by atomic mass is 9.97. The smallest absolute Gasteiger partial charge is 0.0872 e. The summed E-state index contributed by atoms with van der Waals surface area (Å²) in [5.74, 6) is 0.507. The van der Waals surface area contributed by atoms with E-state index in [4.69, 9.17) is 4.84 Å². The highest BCUT2D eigenvalue weighted by Gasteiger charge is 2.31. The van der Waals surface area contributed by atoms with E-state index in [0.29, 0.717) is 5.92 Å². The van der Waals surface area contributed by atoms with Gasteiger partial charge in [-0.2, -0.15) is 5.06 Å². The van der Waals surface area contributed by atoms with Gasteiger partial charge < -0.3 is 0 Å². The molecule has 1 fully saturated rings. The molecule has 2 atom stereocenters. The Morgan fingerprint density at radius 2 is 1.88 bits per heavy atom. The zero-order chi connectivity index (χ0) is 16.4. The van der Waals surface area contributed by atoms with Crippen LogP contribution in [0.25, 0.3) is 10.9 Å². The van der Waals surface area contributed by atoms with Crippen LogP contribution < -0.4 is 0 Å². The van der Waals surface area contributed by atoms with Crippen molar-refractivity contribution in [2.75, 3.05) is 6.54 Å². The second kappa shape index (κ2) is 6.71. The molecule has 0 spiro atoms. The van der Waals surface area contributed by atoms with Crippen LogP contribution in [0.15, 0.2) is 66.9 Å². The Balaban J connectivity index is 1.48. The molecule has 24 heavy (non-hydrogen) atoms. The average molecular weight is 318 g/mol. The maximum absolute atomic E-state index is 6.24. The highest BCUT2D eigenvalue weighted by atomic mass is 16.7. The van der Waals surface area contributed by atoms with E-state index in [1.807, 2.05) is 18.3 Å². The van der Waals surface area contributed by atoms with E-state index in [2.05, 4.69) is 65.5 Å². The fourth-order valence-corrected chi connectivity index (χ4v) is 3.45. The molecule has 0 N–H and O–H groups in total. The number of hydrogen-bond donors (Lipinski definition) is 0. The van der Waals surface area contributed by atoms with Crippen molar-refractivity contribution >= 4 is 10.9 Å². The summed E-state index contributed by atoms with van der Waals surface area (Å²) in [4.78, 5) is 10.8. The van der Waals surface area contributed by atoms with Gasteiger partial charge in [0.2, 0.25) is 0 Å². The fraction of sp³-hybridized carbons (Fsp3) is 0.286. The second-order valence-electron chi connectivity index (χ2n) is 6.63. The SMILES string of the molecule is C[C@@H]1CN(Cc2ccccc2)O[C@H]1Cc1cccc2cccnc12. The predicted molar refractivity (Wildman–Crippen MR) is 96.3 cm³/mol. The quantitative estimate of drug-likeness (QED) is 0.720. The third kappa shape index (κ3) is 3.18. The number of aromatic nitrogens is 1. The number of para-hydroxylation sites is 1. The number of nitrogens with zero attached hydrogens (tertiary/aromatic N) is 2. The van der Waals surface area contributed by atoms with Gasteiger partial charge in [-0.05, 0) is 23.1 Å². The molecule has 0 amide bonds. The van der Waals surface area contributed by atoms with Crippen molar-refractivity contribution in [1.82, 2.24) is 10.0 Å². The third-order valence-electron chi connectivity index (χ3n) is 4.75. The average Bonchev–Trinajstić information content (AvgIpc) is 2.95. The largest absolute Gasteiger partial charge is 0.295 e.